The van der Waals surface area contributed by atoms with E-state index in [2.05, 4.69) is 5.32 Å². The van der Waals surface area contributed by atoms with Gasteiger partial charge in [-0.05, 0) is 29.8 Å². The molecule has 1 heterocycles. The third-order valence-corrected chi connectivity index (χ3v) is 6.23. The molecule has 3 aromatic rings. The standard InChI is InChI=1S/C20H16Cl3NO5S/c1-27-13-4-3-10(5-14(13)28-2)8-24-16(25)9-29-20(26)19-18(23)17-12(22)6-11(21)7-15(17)30-19/h3-7H,8-9H2,1-2H3,(H,24,25). The molecule has 30 heavy (non-hydrogen) atoms. The molecule has 0 bridgehead atoms. The monoisotopic (exact) mass is 487 g/mol. The number of rotatable bonds is 7. The molecule has 0 aliphatic carbocycles. The lowest BCUT2D eigenvalue weighted by atomic mass is 10.2. The molecule has 6 nitrogen and oxygen atoms in total. The first-order valence-corrected chi connectivity index (χ1v) is 10.5. The van der Waals surface area contributed by atoms with Gasteiger partial charge in [-0.3, -0.25) is 4.79 Å². The van der Waals surface area contributed by atoms with Crippen LogP contribution < -0.4 is 14.8 Å². The first kappa shape index (κ1) is 22.5. The molecule has 0 aliphatic rings. The van der Waals surface area contributed by atoms with Crippen molar-refractivity contribution in [3.63, 3.8) is 0 Å². The predicted molar refractivity (Wildman–Crippen MR) is 119 cm³/mol. The number of hydrogen-bond acceptors (Lipinski definition) is 6. The Morgan fingerprint density at radius 3 is 2.47 bits per heavy atom. The molecule has 0 aliphatic heterocycles. The van der Waals surface area contributed by atoms with Crippen molar-refractivity contribution < 1.29 is 23.8 Å². The Kier molecular flexibility index (Phi) is 7.31. The van der Waals surface area contributed by atoms with E-state index in [1.54, 1.807) is 37.4 Å². The van der Waals surface area contributed by atoms with Gasteiger partial charge in [-0.15, -0.1) is 11.3 Å². The largest absolute Gasteiger partial charge is 0.493 e. The van der Waals surface area contributed by atoms with Crippen molar-refractivity contribution in [1.29, 1.82) is 0 Å². The Bertz CT molecular complexity index is 1120. The Morgan fingerprint density at radius 2 is 1.77 bits per heavy atom. The summed E-state index contributed by atoms with van der Waals surface area (Å²) in [5.74, 6) is -0.0388. The van der Waals surface area contributed by atoms with E-state index in [0.717, 1.165) is 16.9 Å². The first-order valence-electron chi connectivity index (χ1n) is 8.55. The number of carbonyl (C=O) groups is 2. The fourth-order valence-electron chi connectivity index (χ4n) is 2.68. The number of fused-ring (bicyclic) bond motifs is 1. The SMILES string of the molecule is COc1ccc(CNC(=O)COC(=O)c2sc3cc(Cl)cc(Cl)c3c2Cl)cc1OC. The summed E-state index contributed by atoms with van der Waals surface area (Å²) in [6, 6.07) is 8.48. The molecule has 10 heteroatoms. The van der Waals surface area contributed by atoms with Crippen molar-refractivity contribution in [1.82, 2.24) is 5.32 Å². The van der Waals surface area contributed by atoms with Crippen LogP contribution in [0.3, 0.4) is 0 Å². The van der Waals surface area contributed by atoms with Crippen LogP contribution in [0.25, 0.3) is 10.1 Å². The minimum Gasteiger partial charge on any atom is -0.493 e. The normalized spacial score (nSPS) is 10.7. The van der Waals surface area contributed by atoms with E-state index in [1.165, 1.54) is 7.11 Å². The summed E-state index contributed by atoms with van der Waals surface area (Å²) in [7, 11) is 3.07. The summed E-state index contributed by atoms with van der Waals surface area (Å²) in [5, 5.41) is 4.14. The zero-order chi connectivity index (χ0) is 21.8. The number of amides is 1. The molecule has 2 aromatic carbocycles. The number of esters is 1. The summed E-state index contributed by atoms with van der Waals surface area (Å²) in [6.45, 7) is -0.223. The van der Waals surface area contributed by atoms with Crippen LogP contribution >= 0.6 is 46.1 Å². The van der Waals surface area contributed by atoms with Crippen LogP contribution in [0.4, 0.5) is 0 Å². The number of halogens is 3. The van der Waals surface area contributed by atoms with Crippen molar-refractivity contribution >= 4 is 68.1 Å². The highest BCUT2D eigenvalue weighted by atomic mass is 35.5. The van der Waals surface area contributed by atoms with Crippen LogP contribution in [-0.4, -0.2) is 32.7 Å². The van der Waals surface area contributed by atoms with Crippen molar-refractivity contribution in [3.05, 3.63) is 55.8 Å². The van der Waals surface area contributed by atoms with E-state index in [9.17, 15) is 9.59 Å². The lowest BCUT2D eigenvalue weighted by Crippen LogP contribution is -2.28. The van der Waals surface area contributed by atoms with Gasteiger partial charge in [0.25, 0.3) is 5.91 Å². The molecule has 0 saturated heterocycles. The Labute approximate surface area is 191 Å². The van der Waals surface area contributed by atoms with Gasteiger partial charge in [-0.2, -0.15) is 0 Å². The molecule has 3 rings (SSSR count). The number of carbonyl (C=O) groups excluding carboxylic acids is 2. The van der Waals surface area contributed by atoms with E-state index in [0.29, 0.717) is 31.6 Å². The number of benzene rings is 2. The molecule has 0 fully saturated rings. The van der Waals surface area contributed by atoms with Crippen LogP contribution in [-0.2, 0) is 16.1 Å². The second kappa shape index (κ2) is 9.75. The zero-order valence-corrected chi connectivity index (χ0v) is 19.0. The Balaban J connectivity index is 1.60. The summed E-state index contributed by atoms with van der Waals surface area (Å²) in [4.78, 5) is 24.6. The average Bonchev–Trinajstić information content (AvgIpc) is 3.06. The number of thiophene rings is 1. The number of nitrogens with one attached hydrogen (secondary N) is 1. The Hall–Kier alpha value is -2.19. The van der Waals surface area contributed by atoms with Gasteiger partial charge in [-0.25, -0.2) is 4.79 Å². The minimum absolute atomic E-state index is 0.156. The molecule has 0 saturated carbocycles. The van der Waals surface area contributed by atoms with Crippen LogP contribution in [0.5, 0.6) is 11.5 Å². The highest BCUT2D eigenvalue weighted by molar-refractivity contribution is 7.21. The van der Waals surface area contributed by atoms with E-state index in [4.69, 9.17) is 49.0 Å². The van der Waals surface area contributed by atoms with Crippen LogP contribution in [0.1, 0.15) is 15.2 Å². The molecule has 1 N–H and O–H groups in total. The fourth-order valence-corrected chi connectivity index (χ4v) is 4.95. The van der Waals surface area contributed by atoms with Gasteiger partial charge >= 0.3 is 5.97 Å². The van der Waals surface area contributed by atoms with Gasteiger partial charge in [0.2, 0.25) is 0 Å². The van der Waals surface area contributed by atoms with Gasteiger partial charge < -0.3 is 19.5 Å². The third-order valence-electron chi connectivity index (χ3n) is 4.11. The zero-order valence-electron chi connectivity index (χ0n) is 15.9. The maximum atomic E-state index is 12.4. The molecule has 158 valence electrons. The highest BCUT2D eigenvalue weighted by Gasteiger charge is 2.21. The molecule has 0 spiro atoms. The molecule has 1 aromatic heterocycles. The van der Waals surface area contributed by atoms with Gasteiger partial charge in [-0.1, -0.05) is 40.9 Å². The van der Waals surface area contributed by atoms with E-state index >= 15 is 0 Å². The molecule has 0 atom stereocenters. The summed E-state index contributed by atoms with van der Waals surface area (Å²) in [6.07, 6.45) is 0. The van der Waals surface area contributed by atoms with E-state index < -0.39 is 18.5 Å². The van der Waals surface area contributed by atoms with E-state index in [-0.39, 0.29) is 16.4 Å². The van der Waals surface area contributed by atoms with Crippen molar-refractivity contribution in [3.8, 4) is 11.5 Å². The summed E-state index contributed by atoms with van der Waals surface area (Å²) >= 11 is 19.5. The molecule has 1 amide bonds. The van der Waals surface area contributed by atoms with Crippen LogP contribution in [0.15, 0.2) is 30.3 Å². The molecular formula is C20H16Cl3NO5S. The number of methoxy groups -OCH3 is 2. The average molecular weight is 489 g/mol. The molecular weight excluding hydrogens is 473 g/mol. The van der Waals surface area contributed by atoms with Crippen molar-refractivity contribution in [2.24, 2.45) is 0 Å². The Morgan fingerprint density at radius 1 is 1.03 bits per heavy atom. The maximum absolute atomic E-state index is 12.4. The third kappa shape index (κ3) is 4.92. The summed E-state index contributed by atoms with van der Waals surface area (Å²) < 4.78 is 16.2. The lowest BCUT2D eigenvalue weighted by Gasteiger charge is -2.10. The van der Waals surface area contributed by atoms with Crippen molar-refractivity contribution in [2.75, 3.05) is 20.8 Å². The predicted octanol–water partition coefficient (Wildman–Crippen LogP) is 5.35. The number of hydrogen-bond donors (Lipinski definition) is 1. The lowest BCUT2D eigenvalue weighted by molar-refractivity contribution is -0.124. The van der Waals surface area contributed by atoms with Gasteiger partial charge in [0.15, 0.2) is 18.1 Å². The fraction of sp³-hybridized carbons (Fsp3) is 0.200. The maximum Gasteiger partial charge on any atom is 0.350 e. The topological polar surface area (TPSA) is 73.9 Å². The first-order chi connectivity index (χ1) is 14.3. The van der Waals surface area contributed by atoms with Gasteiger partial charge in [0, 0.05) is 21.7 Å². The van der Waals surface area contributed by atoms with Crippen molar-refractivity contribution in [2.45, 2.75) is 6.54 Å². The van der Waals surface area contributed by atoms with E-state index in [1.807, 2.05) is 0 Å². The molecule has 0 unspecified atom stereocenters. The van der Waals surface area contributed by atoms with Gasteiger partial charge in [0.1, 0.15) is 4.88 Å². The highest BCUT2D eigenvalue weighted by Crippen LogP contribution is 2.41. The second-order valence-corrected chi connectivity index (χ2v) is 8.32. The smallest absolute Gasteiger partial charge is 0.350 e. The summed E-state index contributed by atoms with van der Waals surface area (Å²) in [5.41, 5.74) is 0.798. The molecule has 0 radical (unpaired) electrons. The number of ether oxygens (including phenoxy) is 3. The quantitative estimate of drug-likeness (QED) is 0.454. The second-order valence-electron chi connectivity index (χ2n) is 6.05. The van der Waals surface area contributed by atoms with Gasteiger partial charge in [0.05, 0.1) is 24.3 Å². The van der Waals surface area contributed by atoms with Crippen LogP contribution in [0.2, 0.25) is 15.1 Å². The van der Waals surface area contributed by atoms with Crippen LogP contribution in [0, 0.1) is 0 Å². The minimum atomic E-state index is -0.713.